The van der Waals surface area contributed by atoms with Gasteiger partial charge in [0.25, 0.3) is 0 Å². The van der Waals surface area contributed by atoms with Crippen LogP contribution in [0.2, 0.25) is 0 Å². The van der Waals surface area contributed by atoms with Gasteiger partial charge in [-0.15, -0.1) is 0 Å². The molecule has 1 fully saturated rings. The lowest BCUT2D eigenvalue weighted by Crippen LogP contribution is -2.32. The Bertz CT molecular complexity index is 177. The molecule has 1 saturated heterocycles. The van der Waals surface area contributed by atoms with Crippen molar-refractivity contribution < 1.29 is 5.11 Å². The predicted molar refractivity (Wildman–Crippen MR) is 65.0 cm³/mol. The lowest BCUT2D eigenvalue weighted by atomic mass is 9.82. The van der Waals surface area contributed by atoms with Crippen LogP contribution in [0.25, 0.3) is 0 Å². The summed E-state index contributed by atoms with van der Waals surface area (Å²) in [5, 5.41) is 9.78. The van der Waals surface area contributed by atoms with E-state index in [4.69, 9.17) is 0 Å². The molecular formula is C13H27NO. The van der Waals surface area contributed by atoms with E-state index in [1.807, 2.05) is 0 Å². The third-order valence-electron chi connectivity index (χ3n) is 4.11. The van der Waals surface area contributed by atoms with Crippen molar-refractivity contribution in [3.05, 3.63) is 0 Å². The number of β-amino-alcohol motifs (C(OH)–C–C–N with tert-alkyl or cyclic N) is 1. The van der Waals surface area contributed by atoms with E-state index in [1.165, 1.54) is 32.4 Å². The molecule has 1 aliphatic heterocycles. The van der Waals surface area contributed by atoms with E-state index < -0.39 is 0 Å². The van der Waals surface area contributed by atoms with Crippen LogP contribution in [-0.4, -0.2) is 35.7 Å². The van der Waals surface area contributed by atoms with Crippen LogP contribution in [-0.2, 0) is 0 Å². The van der Waals surface area contributed by atoms with E-state index >= 15 is 0 Å². The number of nitrogens with zero attached hydrogens (tertiary/aromatic N) is 1. The van der Waals surface area contributed by atoms with Crippen LogP contribution in [0.5, 0.6) is 0 Å². The van der Waals surface area contributed by atoms with Crippen LogP contribution in [0, 0.1) is 5.41 Å². The molecule has 90 valence electrons. The molecule has 0 spiro atoms. The van der Waals surface area contributed by atoms with Gasteiger partial charge >= 0.3 is 0 Å². The number of rotatable bonds is 6. The zero-order chi connectivity index (χ0) is 11.3. The average molecular weight is 213 g/mol. The fraction of sp³-hybridized carbons (Fsp3) is 1.00. The predicted octanol–water partition coefficient (Wildman–Crippen LogP) is 2.66. The molecule has 1 rings (SSSR count). The number of likely N-dealkylation sites (tertiary alicyclic amines) is 1. The van der Waals surface area contributed by atoms with E-state index in [0.29, 0.717) is 5.41 Å². The van der Waals surface area contributed by atoms with Crippen LogP contribution in [0.15, 0.2) is 0 Å². The van der Waals surface area contributed by atoms with Crippen molar-refractivity contribution in [3.8, 4) is 0 Å². The van der Waals surface area contributed by atoms with E-state index in [1.54, 1.807) is 0 Å². The molecule has 2 nitrogen and oxygen atoms in total. The van der Waals surface area contributed by atoms with Crippen LogP contribution >= 0.6 is 0 Å². The lowest BCUT2D eigenvalue weighted by Gasteiger charge is -2.27. The van der Waals surface area contributed by atoms with Gasteiger partial charge < -0.3 is 10.0 Å². The highest BCUT2D eigenvalue weighted by Gasteiger charge is 2.35. The largest absolute Gasteiger partial charge is 0.392 e. The van der Waals surface area contributed by atoms with Crippen molar-refractivity contribution in [2.45, 2.75) is 59.0 Å². The molecule has 15 heavy (non-hydrogen) atoms. The van der Waals surface area contributed by atoms with E-state index in [2.05, 4.69) is 25.7 Å². The fourth-order valence-electron chi connectivity index (χ4n) is 2.73. The Morgan fingerprint density at radius 2 is 1.93 bits per heavy atom. The number of aliphatic hydroxyl groups excluding tert-OH is 1. The van der Waals surface area contributed by atoms with Crippen LogP contribution < -0.4 is 0 Å². The smallest absolute Gasteiger partial charge is 0.0667 e. The van der Waals surface area contributed by atoms with Gasteiger partial charge in [-0.25, -0.2) is 0 Å². The van der Waals surface area contributed by atoms with E-state index in [9.17, 15) is 5.11 Å². The minimum atomic E-state index is -0.112. The van der Waals surface area contributed by atoms with Crippen molar-refractivity contribution in [1.82, 2.24) is 4.90 Å². The Labute approximate surface area is 94.7 Å². The zero-order valence-corrected chi connectivity index (χ0v) is 10.6. The second-order valence-electron chi connectivity index (χ2n) is 5.13. The molecule has 0 aromatic heterocycles. The maximum Gasteiger partial charge on any atom is 0.0667 e. The van der Waals surface area contributed by atoms with Gasteiger partial charge in [0.1, 0.15) is 0 Å². The number of aliphatic hydroxyl groups is 1. The highest BCUT2D eigenvalue weighted by atomic mass is 16.3. The standard InChI is InChI=1S/C13H27NO/c1-4-7-12(15)10-14-9-8-13(5-2,6-3)11-14/h12,15H,4-11H2,1-3H3. The van der Waals surface area contributed by atoms with Crippen LogP contribution in [0.1, 0.15) is 52.9 Å². The summed E-state index contributed by atoms with van der Waals surface area (Å²) in [5.74, 6) is 0. The van der Waals surface area contributed by atoms with Gasteiger partial charge in [0.15, 0.2) is 0 Å². The summed E-state index contributed by atoms with van der Waals surface area (Å²) < 4.78 is 0. The van der Waals surface area contributed by atoms with Crippen molar-refractivity contribution >= 4 is 0 Å². The molecule has 1 atom stereocenters. The van der Waals surface area contributed by atoms with Gasteiger partial charge in [0.05, 0.1) is 6.10 Å². The first-order valence-corrected chi connectivity index (χ1v) is 6.56. The average Bonchev–Trinajstić information content (AvgIpc) is 2.63. The number of hydrogen-bond acceptors (Lipinski definition) is 2. The minimum Gasteiger partial charge on any atom is -0.392 e. The summed E-state index contributed by atoms with van der Waals surface area (Å²) in [5.41, 5.74) is 0.548. The molecule has 0 bridgehead atoms. The molecule has 1 heterocycles. The Balaban J connectivity index is 2.35. The number of hydrogen-bond donors (Lipinski definition) is 1. The molecule has 1 aliphatic rings. The van der Waals surface area contributed by atoms with E-state index in [0.717, 1.165) is 19.4 Å². The van der Waals surface area contributed by atoms with Gasteiger partial charge in [-0.05, 0) is 37.6 Å². The van der Waals surface area contributed by atoms with Gasteiger partial charge in [0, 0.05) is 13.1 Å². The summed E-state index contributed by atoms with van der Waals surface area (Å²) in [6, 6.07) is 0. The monoisotopic (exact) mass is 213 g/mol. The molecule has 0 aromatic rings. The first-order chi connectivity index (χ1) is 7.15. The summed E-state index contributed by atoms with van der Waals surface area (Å²) >= 11 is 0. The van der Waals surface area contributed by atoms with Crippen molar-refractivity contribution in [2.24, 2.45) is 5.41 Å². The fourth-order valence-corrected chi connectivity index (χ4v) is 2.73. The van der Waals surface area contributed by atoms with Crippen LogP contribution in [0.3, 0.4) is 0 Å². The Morgan fingerprint density at radius 3 is 2.40 bits per heavy atom. The SMILES string of the molecule is CCCC(O)CN1CCC(CC)(CC)C1. The molecule has 1 N–H and O–H groups in total. The van der Waals surface area contributed by atoms with E-state index in [-0.39, 0.29) is 6.10 Å². The first kappa shape index (κ1) is 13.0. The third kappa shape index (κ3) is 3.46. The molecule has 1 unspecified atom stereocenters. The molecule has 0 amide bonds. The van der Waals surface area contributed by atoms with Crippen LogP contribution in [0.4, 0.5) is 0 Å². The molecular weight excluding hydrogens is 186 g/mol. The Kier molecular flexibility index (Phi) is 5.07. The topological polar surface area (TPSA) is 23.5 Å². The normalized spacial score (nSPS) is 23.2. The summed E-state index contributed by atoms with van der Waals surface area (Å²) in [6.07, 6.45) is 5.80. The summed E-state index contributed by atoms with van der Waals surface area (Å²) in [7, 11) is 0. The third-order valence-corrected chi connectivity index (χ3v) is 4.11. The highest BCUT2D eigenvalue weighted by molar-refractivity contribution is 4.88. The molecule has 2 heteroatoms. The quantitative estimate of drug-likeness (QED) is 0.733. The van der Waals surface area contributed by atoms with Crippen molar-refractivity contribution in [2.75, 3.05) is 19.6 Å². The summed E-state index contributed by atoms with van der Waals surface area (Å²) in [6.45, 7) is 10.00. The van der Waals surface area contributed by atoms with Gasteiger partial charge in [-0.2, -0.15) is 0 Å². The molecule has 0 aliphatic carbocycles. The Hall–Kier alpha value is -0.0800. The Morgan fingerprint density at radius 1 is 1.27 bits per heavy atom. The minimum absolute atomic E-state index is 0.112. The maximum absolute atomic E-state index is 9.78. The molecule has 0 radical (unpaired) electrons. The van der Waals surface area contributed by atoms with Gasteiger partial charge in [-0.3, -0.25) is 0 Å². The van der Waals surface area contributed by atoms with Crippen molar-refractivity contribution in [1.29, 1.82) is 0 Å². The lowest BCUT2D eigenvalue weighted by molar-refractivity contribution is 0.108. The second kappa shape index (κ2) is 5.86. The van der Waals surface area contributed by atoms with Gasteiger partial charge in [-0.1, -0.05) is 27.2 Å². The van der Waals surface area contributed by atoms with Gasteiger partial charge in [0.2, 0.25) is 0 Å². The summed E-state index contributed by atoms with van der Waals surface area (Å²) in [4.78, 5) is 2.45. The zero-order valence-electron chi connectivity index (χ0n) is 10.6. The van der Waals surface area contributed by atoms with Crippen molar-refractivity contribution in [3.63, 3.8) is 0 Å². The molecule has 0 aromatic carbocycles. The molecule has 0 saturated carbocycles. The first-order valence-electron chi connectivity index (χ1n) is 6.56. The maximum atomic E-state index is 9.78. The highest BCUT2D eigenvalue weighted by Crippen LogP contribution is 2.36. The second-order valence-corrected chi connectivity index (χ2v) is 5.13.